The highest BCUT2D eigenvalue weighted by atomic mass is 79.9. The quantitative estimate of drug-likeness (QED) is 0.779. The summed E-state index contributed by atoms with van der Waals surface area (Å²) in [5.74, 6) is 1.92. The van der Waals surface area contributed by atoms with Crippen LogP contribution in [0.5, 0.6) is 0 Å². The van der Waals surface area contributed by atoms with Crippen molar-refractivity contribution in [2.24, 2.45) is 5.92 Å². The Balaban J connectivity index is 1.90. The Morgan fingerprint density at radius 3 is 2.76 bits per heavy atom. The third-order valence-electron chi connectivity index (χ3n) is 2.74. The molecule has 0 unspecified atom stereocenters. The first-order chi connectivity index (χ1) is 8.15. The lowest BCUT2D eigenvalue weighted by molar-refractivity contribution is 0.687. The van der Waals surface area contributed by atoms with Gasteiger partial charge < -0.3 is 5.32 Å². The lowest BCUT2D eigenvalue weighted by Gasteiger charge is -2.09. The summed E-state index contributed by atoms with van der Waals surface area (Å²) in [6.07, 6.45) is 2.70. The molecule has 0 amide bonds. The minimum absolute atomic E-state index is 0.739. The van der Waals surface area contributed by atoms with E-state index in [0.717, 1.165) is 18.5 Å². The van der Waals surface area contributed by atoms with Crippen LogP contribution in [0.1, 0.15) is 32.3 Å². The van der Waals surface area contributed by atoms with E-state index in [1.54, 1.807) is 0 Å². The number of nitrogens with one attached hydrogen (secondary N) is 1. The highest BCUT2D eigenvalue weighted by molar-refractivity contribution is 9.10. The van der Waals surface area contributed by atoms with Crippen molar-refractivity contribution < 1.29 is 0 Å². The standard InChI is InChI=1S/C14H20BrNS/c1-10(2)9-17-14-6-3-11(7-13(14)15)8-16-12-4-5-12/h3,6-7,10,12,16H,4-5,8-9H2,1-2H3. The summed E-state index contributed by atoms with van der Waals surface area (Å²) in [7, 11) is 0. The van der Waals surface area contributed by atoms with Gasteiger partial charge in [0.25, 0.3) is 0 Å². The average molecular weight is 314 g/mol. The molecule has 1 aliphatic rings. The Morgan fingerprint density at radius 1 is 1.41 bits per heavy atom. The summed E-state index contributed by atoms with van der Waals surface area (Å²) in [5, 5.41) is 3.54. The molecule has 0 bridgehead atoms. The van der Waals surface area contributed by atoms with Gasteiger partial charge in [0.2, 0.25) is 0 Å². The van der Waals surface area contributed by atoms with E-state index < -0.39 is 0 Å². The highest BCUT2D eigenvalue weighted by Gasteiger charge is 2.19. The first-order valence-corrected chi connectivity index (χ1v) is 8.07. The van der Waals surface area contributed by atoms with Gasteiger partial charge in [0.15, 0.2) is 0 Å². The maximum Gasteiger partial charge on any atom is 0.0314 e. The molecule has 1 nitrogen and oxygen atoms in total. The summed E-state index contributed by atoms with van der Waals surface area (Å²) in [5.41, 5.74) is 1.37. The SMILES string of the molecule is CC(C)CSc1ccc(CNC2CC2)cc1Br. The molecule has 0 aromatic heterocycles. The van der Waals surface area contributed by atoms with Crippen molar-refractivity contribution in [3.8, 4) is 0 Å². The van der Waals surface area contributed by atoms with Gasteiger partial charge in [-0.1, -0.05) is 19.9 Å². The summed E-state index contributed by atoms with van der Waals surface area (Å²) in [4.78, 5) is 1.36. The topological polar surface area (TPSA) is 12.0 Å². The van der Waals surface area contributed by atoms with Gasteiger partial charge in [-0.2, -0.15) is 0 Å². The van der Waals surface area contributed by atoms with Gasteiger partial charge in [-0.15, -0.1) is 11.8 Å². The van der Waals surface area contributed by atoms with Crippen molar-refractivity contribution in [2.45, 2.75) is 44.2 Å². The van der Waals surface area contributed by atoms with E-state index in [1.807, 2.05) is 11.8 Å². The molecule has 0 atom stereocenters. The average Bonchev–Trinajstić information content (AvgIpc) is 3.08. The Labute approximate surface area is 117 Å². The van der Waals surface area contributed by atoms with Crippen molar-refractivity contribution in [1.29, 1.82) is 0 Å². The molecule has 1 aromatic rings. The molecular weight excluding hydrogens is 294 g/mol. The van der Waals surface area contributed by atoms with Gasteiger partial charge in [-0.25, -0.2) is 0 Å². The van der Waals surface area contributed by atoms with Crippen molar-refractivity contribution >= 4 is 27.7 Å². The van der Waals surface area contributed by atoms with Gasteiger partial charge in [-0.05, 0) is 52.4 Å². The molecule has 1 aromatic carbocycles. The van der Waals surface area contributed by atoms with Crippen LogP contribution in [0.25, 0.3) is 0 Å². The van der Waals surface area contributed by atoms with Crippen LogP contribution < -0.4 is 5.32 Å². The second-order valence-corrected chi connectivity index (χ2v) is 7.04. The molecule has 2 rings (SSSR count). The highest BCUT2D eigenvalue weighted by Crippen LogP contribution is 2.30. The summed E-state index contributed by atoms with van der Waals surface area (Å²) in [6, 6.07) is 7.51. The molecule has 0 spiro atoms. The Morgan fingerprint density at radius 2 is 2.18 bits per heavy atom. The Hall–Kier alpha value is 0.01000. The van der Waals surface area contributed by atoms with E-state index in [0.29, 0.717) is 0 Å². The van der Waals surface area contributed by atoms with Crippen molar-refractivity contribution in [2.75, 3.05) is 5.75 Å². The number of benzene rings is 1. The molecule has 1 N–H and O–H groups in total. The zero-order valence-electron chi connectivity index (χ0n) is 10.5. The maximum absolute atomic E-state index is 3.67. The van der Waals surface area contributed by atoms with E-state index >= 15 is 0 Å². The predicted octanol–water partition coefficient (Wildman–Crippen LogP) is 4.45. The van der Waals surface area contributed by atoms with Crippen LogP contribution in [-0.2, 0) is 6.54 Å². The summed E-state index contributed by atoms with van der Waals surface area (Å²) in [6.45, 7) is 5.52. The summed E-state index contributed by atoms with van der Waals surface area (Å²) < 4.78 is 1.23. The molecule has 17 heavy (non-hydrogen) atoms. The zero-order valence-corrected chi connectivity index (χ0v) is 12.9. The Kier molecular flexibility index (Phi) is 4.95. The van der Waals surface area contributed by atoms with Crippen LogP contribution in [0.2, 0.25) is 0 Å². The van der Waals surface area contributed by atoms with E-state index in [4.69, 9.17) is 0 Å². The van der Waals surface area contributed by atoms with Crippen LogP contribution in [0.15, 0.2) is 27.6 Å². The maximum atomic E-state index is 3.67. The zero-order chi connectivity index (χ0) is 12.3. The fourth-order valence-corrected chi connectivity index (χ4v) is 3.22. The van der Waals surface area contributed by atoms with E-state index in [-0.39, 0.29) is 0 Å². The molecule has 0 heterocycles. The molecule has 0 saturated heterocycles. The fraction of sp³-hybridized carbons (Fsp3) is 0.571. The number of thioether (sulfide) groups is 1. The molecular formula is C14H20BrNS. The van der Waals surface area contributed by atoms with Crippen LogP contribution >= 0.6 is 27.7 Å². The normalized spacial score (nSPS) is 15.5. The molecule has 0 radical (unpaired) electrons. The lowest BCUT2D eigenvalue weighted by atomic mass is 10.2. The monoisotopic (exact) mass is 313 g/mol. The van der Waals surface area contributed by atoms with Gasteiger partial charge in [-0.3, -0.25) is 0 Å². The molecule has 1 aliphatic carbocycles. The molecule has 94 valence electrons. The number of rotatable bonds is 6. The second-order valence-electron chi connectivity index (χ2n) is 5.12. The van der Waals surface area contributed by atoms with Crippen molar-refractivity contribution in [1.82, 2.24) is 5.32 Å². The smallest absolute Gasteiger partial charge is 0.0314 e. The molecule has 1 fully saturated rings. The third kappa shape index (κ3) is 4.65. The van der Waals surface area contributed by atoms with Gasteiger partial charge >= 0.3 is 0 Å². The molecule has 3 heteroatoms. The van der Waals surface area contributed by atoms with Gasteiger partial charge in [0, 0.05) is 27.7 Å². The molecule has 0 aliphatic heterocycles. The molecule has 1 saturated carbocycles. The van der Waals surface area contributed by atoms with E-state index in [1.165, 1.54) is 33.5 Å². The lowest BCUT2D eigenvalue weighted by Crippen LogP contribution is -2.15. The number of halogens is 1. The van der Waals surface area contributed by atoms with Crippen LogP contribution in [0.3, 0.4) is 0 Å². The Bertz CT molecular complexity index is 374. The minimum Gasteiger partial charge on any atom is -0.310 e. The second kappa shape index (κ2) is 6.26. The van der Waals surface area contributed by atoms with Crippen LogP contribution in [0, 0.1) is 5.92 Å². The van der Waals surface area contributed by atoms with E-state index in [9.17, 15) is 0 Å². The van der Waals surface area contributed by atoms with Crippen molar-refractivity contribution in [3.63, 3.8) is 0 Å². The minimum atomic E-state index is 0.739. The third-order valence-corrected chi connectivity index (χ3v) is 5.16. The first kappa shape index (κ1) is 13.4. The largest absolute Gasteiger partial charge is 0.310 e. The number of hydrogen-bond acceptors (Lipinski definition) is 2. The van der Waals surface area contributed by atoms with Crippen LogP contribution in [-0.4, -0.2) is 11.8 Å². The first-order valence-electron chi connectivity index (χ1n) is 6.30. The van der Waals surface area contributed by atoms with Crippen LogP contribution in [0.4, 0.5) is 0 Å². The van der Waals surface area contributed by atoms with Gasteiger partial charge in [0.1, 0.15) is 0 Å². The van der Waals surface area contributed by atoms with Crippen molar-refractivity contribution in [3.05, 3.63) is 28.2 Å². The predicted molar refractivity (Wildman–Crippen MR) is 79.6 cm³/mol. The fourth-order valence-electron chi connectivity index (χ4n) is 1.58. The van der Waals surface area contributed by atoms with Gasteiger partial charge in [0.05, 0.1) is 0 Å². The van der Waals surface area contributed by atoms with E-state index in [2.05, 4.69) is 53.3 Å². The summed E-state index contributed by atoms with van der Waals surface area (Å²) >= 11 is 5.60. The number of hydrogen-bond donors (Lipinski definition) is 1.